The SMILES string of the molecule is COC(=O)c1cc(NC(=O)[C@H]2CCCN(C(=O)c3ccco3)C2)ccc1F. The van der Waals surface area contributed by atoms with Gasteiger partial charge in [-0.3, -0.25) is 9.59 Å². The van der Waals surface area contributed by atoms with Gasteiger partial charge in [-0.1, -0.05) is 0 Å². The van der Waals surface area contributed by atoms with Gasteiger partial charge in [-0.15, -0.1) is 0 Å². The largest absolute Gasteiger partial charge is 0.465 e. The lowest BCUT2D eigenvalue weighted by molar-refractivity contribution is -0.121. The van der Waals surface area contributed by atoms with Crippen molar-refractivity contribution >= 4 is 23.5 Å². The third-order valence-corrected chi connectivity index (χ3v) is 4.45. The van der Waals surface area contributed by atoms with Crippen LogP contribution in [0.2, 0.25) is 0 Å². The van der Waals surface area contributed by atoms with Crippen LogP contribution in [-0.4, -0.2) is 42.9 Å². The standard InChI is InChI=1S/C19H19FN2O5/c1-26-19(25)14-10-13(6-7-15(14)20)21-17(23)12-4-2-8-22(11-12)18(24)16-5-3-9-27-16/h3,5-7,9-10,12H,2,4,8,11H2,1H3,(H,21,23)/t12-/m0/s1. The van der Waals surface area contributed by atoms with Gasteiger partial charge in [0, 0.05) is 18.8 Å². The molecule has 0 spiro atoms. The minimum absolute atomic E-state index is 0.234. The first-order valence-electron chi connectivity index (χ1n) is 8.51. The lowest BCUT2D eigenvalue weighted by Gasteiger charge is -2.31. The van der Waals surface area contributed by atoms with Crippen molar-refractivity contribution in [2.75, 3.05) is 25.5 Å². The summed E-state index contributed by atoms with van der Waals surface area (Å²) in [5.41, 5.74) is 0.0323. The number of nitrogens with one attached hydrogen (secondary N) is 1. The van der Waals surface area contributed by atoms with Crippen LogP contribution in [0.15, 0.2) is 41.0 Å². The lowest BCUT2D eigenvalue weighted by Crippen LogP contribution is -2.43. The van der Waals surface area contributed by atoms with E-state index in [0.29, 0.717) is 19.4 Å². The molecule has 0 bridgehead atoms. The number of likely N-dealkylation sites (tertiary alicyclic amines) is 1. The van der Waals surface area contributed by atoms with E-state index >= 15 is 0 Å². The molecule has 0 radical (unpaired) electrons. The average molecular weight is 374 g/mol. The third-order valence-electron chi connectivity index (χ3n) is 4.45. The molecule has 0 aliphatic carbocycles. The van der Waals surface area contributed by atoms with Gasteiger partial charge in [0.15, 0.2) is 5.76 Å². The lowest BCUT2D eigenvalue weighted by atomic mass is 9.96. The van der Waals surface area contributed by atoms with Gasteiger partial charge in [-0.05, 0) is 43.2 Å². The van der Waals surface area contributed by atoms with Crippen LogP contribution >= 0.6 is 0 Å². The molecule has 27 heavy (non-hydrogen) atoms. The van der Waals surface area contributed by atoms with Crippen LogP contribution in [0.3, 0.4) is 0 Å². The molecule has 1 aromatic carbocycles. The van der Waals surface area contributed by atoms with Crippen molar-refractivity contribution in [1.29, 1.82) is 0 Å². The summed E-state index contributed by atoms with van der Waals surface area (Å²) in [6.45, 7) is 0.808. The topological polar surface area (TPSA) is 88.9 Å². The Balaban J connectivity index is 1.67. The summed E-state index contributed by atoms with van der Waals surface area (Å²) in [4.78, 5) is 38.1. The van der Waals surface area contributed by atoms with Gasteiger partial charge in [0.05, 0.1) is 24.9 Å². The van der Waals surface area contributed by atoms with Gasteiger partial charge in [-0.2, -0.15) is 0 Å². The maximum Gasteiger partial charge on any atom is 0.340 e. The van der Waals surface area contributed by atoms with Gasteiger partial charge in [0.25, 0.3) is 5.91 Å². The third kappa shape index (κ3) is 4.16. The number of benzene rings is 1. The van der Waals surface area contributed by atoms with Crippen molar-refractivity contribution in [1.82, 2.24) is 4.90 Å². The molecule has 2 heterocycles. The Morgan fingerprint density at radius 1 is 1.30 bits per heavy atom. The first kappa shape index (κ1) is 18.6. The quantitative estimate of drug-likeness (QED) is 0.831. The second-order valence-electron chi connectivity index (χ2n) is 6.24. The van der Waals surface area contributed by atoms with Crippen molar-refractivity contribution in [2.45, 2.75) is 12.8 Å². The summed E-state index contributed by atoms with van der Waals surface area (Å²) in [7, 11) is 1.15. The van der Waals surface area contributed by atoms with Crippen molar-refractivity contribution in [3.63, 3.8) is 0 Å². The number of anilines is 1. The fourth-order valence-corrected chi connectivity index (χ4v) is 3.05. The highest BCUT2D eigenvalue weighted by Gasteiger charge is 2.30. The van der Waals surface area contributed by atoms with E-state index in [1.54, 1.807) is 17.0 Å². The molecule has 1 atom stereocenters. The number of carbonyl (C=O) groups is 3. The maximum absolute atomic E-state index is 13.7. The molecule has 1 saturated heterocycles. The Kier molecular flexibility index (Phi) is 5.54. The molecule has 2 amide bonds. The number of nitrogens with zero attached hydrogens (tertiary/aromatic N) is 1. The van der Waals surface area contributed by atoms with E-state index in [-0.39, 0.29) is 35.4 Å². The molecule has 1 aliphatic heterocycles. The summed E-state index contributed by atoms with van der Waals surface area (Å²) in [5.74, 6) is -2.28. The average Bonchev–Trinajstić information content (AvgIpc) is 3.23. The Bertz CT molecular complexity index is 850. The number of ether oxygens (including phenoxy) is 1. The van der Waals surface area contributed by atoms with Gasteiger partial charge < -0.3 is 19.4 Å². The van der Waals surface area contributed by atoms with Gasteiger partial charge in [0.2, 0.25) is 5.91 Å². The Morgan fingerprint density at radius 2 is 2.11 bits per heavy atom. The second-order valence-corrected chi connectivity index (χ2v) is 6.24. The monoisotopic (exact) mass is 374 g/mol. The smallest absolute Gasteiger partial charge is 0.340 e. The Labute approximate surface area is 155 Å². The summed E-state index contributed by atoms with van der Waals surface area (Å²) in [6, 6.07) is 6.91. The van der Waals surface area contributed by atoms with E-state index in [9.17, 15) is 18.8 Å². The Hall–Kier alpha value is -3.16. The molecule has 2 aromatic rings. The number of rotatable bonds is 4. The van der Waals surface area contributed by atoms with Gasteiger partial charge in [0.1, 0.15) is 5.82 Å². The number of amides is 2. The number of methoxy groups -OCH3 is 1. The van der Waals surface area contributed by atoms with Crippen molar-refractivity contribution in [2.24, 2.45) is 5.92 Å². The molecule has 0 unspecified atom stereocenters. The highest BCUT2D eigenvalue weighted by Crippen LogP contribution is 2.22. The van der Waals surface area contributed by atoms with Crippen LogP contribution < -0.4 is 5.32 Å². The summed E-state index contributed by atoms with van der Waals surface area (Å²) >= 11 is 0. The molecule has 1 aromatic heterocycles. The molecular weight excluding hydrogens is 355 g/mol. The number of piperidine rings is 1. The van der Waals surface area contributed by atoms with Crippen molar-refractivity contribution in [3.05, 3.63) is 53.7 Å². The zero-order chi connectivity index (χ0) is 19.4. The van der Waals surface area contributed by atoms with Crippen LogP contribution in [-0.2, 0) is 9.53 Å². The van der Waals surface area contributed by atoms with E-state index in [4.69, 9.17) is 4.42 Å². The van der Waals surface area contributed by atoms with Crippen LogP contribution in [0, 0.1) is 11.7 Å². The van der Waals surface area contributed by atoms with E-state index < -0.39 is 17.7 Å². The van der Waals surface area contributed by atoms with E-state index in [0.717, 1.165) is 13.2 Å². The number of carbonyl (C=O) groups excluding carboxylic acids is 3. The summed E-state index contributed by atoms with van der Waals surface area (Å²) < 4.78 is 23.4. The van der Waals surface area contributed by atoms with Crippen LogP contribution in [0.1, 0.15) is 33.8 Å². The van der Waals surface area contributed by atoms with E-state index in [2.05, 4.69) is 10.1 Å². The molecule has 142 valence electrons. The summed E-state index contributed by atoms with van der Waals surface area (Å²) in [5, 5.41) is 2.68. The molecular formula is C19H19FN2O5. The maximum atomic E-state index is 13.7. The minimum atomic E-state index is -0.823. The molecule has 0 saturated carbocycles. The number of esters is 1. The highest BCUT2D eigenvalue weighted by molar-refractivity contribution is 5.96. The van der Waals surface area contributed by atoms with Crippen molar-refractivity contribution < 1.29 is 27.9 Å². The molecule has 7 nitrogen and oxygen atoms in total. The van der Waals surface area contributed by atoms with E-state index in [1.165, 1.54) is 18.4 Å². The predicted molar refractivity (Wildman–Crippen MR) is 93.7 cm³/mol. The van der Waals surface area contributed by atoms with Crippen molar-refractivity contribution in [3.8, 4) is 0 Å². The summed E-state index contributed by atoms with van der Waals surface area (Å²) in [6.07, 6.45) is 2.73. The fourth-order valence-electron chi connectivity index (χ4n) is 3.05. The van der Waals surface area contributed by atoms with Crippen LogP contribution in [0.4, 0.5) is 10.1 Å². The molecule has 3 rings (SSSR count). The number of hydrogen-bond acceptors (Lipinski definition) is 5. The minimum Gasteiger partial charge on any atom is -0.465 e. The van der Waals surface area contributed by atoms with E-state index in [1.807, 2.05) is 0 Å². The molecule has 8 heteroatoms. The second kappa shape index (κ2) is 8.03. The zero-order valence-electron chi connectivity index (χ0n) is 14.7. The van der Waals surface area contributed by atoms with Crippen LogP contribution in [0.5, 0.6) is 0 Å². The first-order chi connectivity index (χ1) is 13.0. The first-order valence-corrected chi connectivity index (χ1v) is 8.51. The number of furan rings is 1. The predicted octanol–water partition coefficient (Wildman–Crippen LogP) is 2.70. The fraction of sp³-hybridized carbons (Fsp3) is 0.316. The normalized spacial score (nSPS) is 16.7. The number of hydrogen-bond donors (Lipinski definition) is 1. The van der Waals surface area contributed by atoms with Gasteiger partial charge in [-0.25, -0.2) is 9.18 Å². The highest BCUT2D eigenvalue weighted by atomic mass is 19.1. The zero-order valence-corrected chi connectivity index (χ0v) is 14.7. The van der Waals surface area contributed by atoms with Crippen LogP contribution in [0.25, 0.3) is 0 Å². The number of halogens is 1. The molecule has 1 N–H and O–H groups in total. The molecule has 1 fully saturated rings. The molecule has 1 aliphatic rings. The Morgan fingerprint density at radius 3 is 2.81 bits per heavy atom. The van der Waals surface area contributed by atoms with Gasteiger partial charge >= 0.3 is 5.97 Å².